The number of benzene rings is 1. The average molecular weight is 378 g/mol. The van der Waals surface area contributed by atoms with Gasteiger partial charge in [0, 0.05) is 19.3 Å². The van der Waals surface area contributed by atoms with Gasteiger partial charge in [0.25, 0.3) is 0 Å². The standard InChI is InChI=1S/C24H31N3O/c28-24(26-16-23-6-1-2-12-25-23)15-20-9-7-19(8-10-20)14-22-11-13-27(18-22)17-21-4-3-5-21/h1-2,6-10,12,21-22H,3-5,11,13-18H2,(H,26,28). The van der Waals surface area contributed by atoms with Gasteiger partial charge in [0.15, 0.2) is 0 Å². The first-order chi connectivity index (χ1) is 13.7. The molecule has 2 aromatic rings. The second-order valence-corrected chi connectivity index (χ2v) is 8.51. The molecular weight excluding hydrogens is 346 g/mol. The number of aromatic nitrogens is 1. The van der Waals surface area contributed by atoms with Crippen molar-refractivity contribution in [1.29, 1.82) is 0 Å². The van der Waals surface area contributed by atoms with Crippen LogP contribution in [0, 0.1) is 11.8 Å². The average Bonchev–Trinajstić information content (AvgIpc) is 3.13. The molecule has 0 bridgehead atoms. The van der Waals surface area contributed by atoms with E-state index in [4.69, 9.17) is 0 Å². The third-order valence-corrected chi connectivity index (χ3v) is 6.22. The van der Waals surface area contributed by atoms with Crippen LogP contribution in [0.5, 0.6) is 0 Å². The maximum Gasteiger partial charge on any atom is 0.224 e. The fraction of sp³-hybridized carbons (Fsp3) is 0.500. The van der Waals surface area contributed by atoms with Gasteiger partial charge in [0.1, 0.15) is 0 Å². The fourth-order valence-electron chi connectivity index (χ4n) is 4.35. The van der Waals surface area contributed by atoms with Crippen molar-refractivity contribution in [3.63, 3.8) is 0 Å². The molecule has 2 aliphatic rings. The van der Waals surface area contributed by atoms with Gasteiger partial charge in [-0.15, -0.1) is 0 Å². The molecule has 1 atom stereocenters. The molecule has 0 radical (unpaired) electrons. The molecule has 1 unspecified atom stereocenters. The van der Waals surface area contributed by atoms with Gasteiger partial charge < -0.3 is 10.2 Å². The molecule has 0 spiro atoms. The summed E-state index contributed by atoms with van der Waals surface area (Å²) in [5, 5.41) is 2.94. The summed E-state index contributed by atoms with van der Waals surface area (Å²) in [7, 11) is 0. The predicted molar refractivity (Wildman–Crippen MR) is 112 cm³/mol. The molecule has 4 heteroatoms. The number of hydrogen-bond donors (Lipinski definition) is 1. The zero-order valence-electron chi connectivity index (χ0n) is 16.6. The number of nitrogens with one attached hydrogen (secondary N) is 1. The van der Waals surface area contributed by atoms with Crippen molar-refractivity contribution in [2.45, 2.75) is 45.1 Å². The van der Waals surface area contributed by atoms with E-state index >= 15 is 0 Å². The van der Waals surface area contributed by atoms with Gasteiger partial charge in [0.05, 0.1) is 18.7 Å². The van der Waals surface area contributed by atoms with E-state index in [-0.39, 0.29) is 5.91 Å². The number of nitrogens with zero attached hydrogens (tertiary/aromatic N) is 2. The van der Waals surface area contributed by atoms with Gasteiger partial charge in [0.2, 0.25) is 5.91 Å². The molecule has 2 heterocycles. The molecule has 148 valence electrons. The van der Waals surface area contributed by atoms with Crippen molar-refractivity contribution in [1.82, 2.24) is 15.2 Å². The minimum atomic E-state index is 0.0424. The summed E-state index contributed by atoms with van der Waals surface area (Å²) in [5.74, 6) is 1.80. The van der Waals surface area contributed by atoms with E-state index in [1.807, 2.05) is 18.2 Å². The molecule has 1 aromatic carbocycles. The summed E-state index contributed by atoms with van der Waals surface area (Å²) in [4.78, 5) is 19.1. The summed E-state index contributed by atoms with van der Waals surface area (Å²) in [6.45, 7) is 4.34. The maximum atomic E-state index is 12.2. The van der Waals surface area contributed by atoms with E-state index < -0.39 is 0 Å². The minimum Gasteiger partial charge on any atom is -0.350 e. The molecule has 1 saturated carbocycles. The second-order valence-electron chi connectivity index (χ2n) is 8.51. The number of hydrogen-bond acceptors (Lipinski definition) is 3. The third-order valence-electron chi connectivity index (χ3n) is 6.22. The lowest BCUT2D eigenvalue weighted by atomic mass is 9.85. The normalized spacial score (nSPS) is 20.1. The zero-order valence-corrected chi connectivity index (χ0v) is 16.6. The van der Waals surface area contributed by atoms with Crippen LogP contribution in [0.4, 0.5) is 0 Å². The first-order valence-corrected chi connectivity index (χ1v) is 10.7. The van der Waals surface area contributed by atoms with Crippen LogP contribution in [0.15, 0.2) is 48.7 Å². The molecule has 1 aliphatic carbocycles. The Kier molecular flexibility index (Phi) is 6.38. The summed E-state index contributed by atoms with van der Waals surface area (Å²) < 4.78 is 0. The number of rotatable bonds is 8. The smallest absolute Gasteiger partial charge is 0.224 e. The van der Waals surface area contributed by atoms with Crippen molar-refractivity contribution in [3.8, 4) is 0 Å². The highest BCUT2D eigenvalue weighted by molar-refractivity contribution is 5.78. The van der Waals surface area contributed by atoms with Gasteiger partial charge in [-0.25, -0.2) is 0 Å². The topological polar surface area (TPSA) is 45.2 Å². The first-order valence-electron chi connectivity index (χ1n) is 10.7. The number of pyridine rings is 1. The van der Waals surface area contributed by atoms with Crippen LogP contribution in [0.25, 0.3) is 0 Å². The lowest BCUT2D eigenvalue weighted by Gasteiger charge is -2.30. The van der Waals surface area contributed by atoms with Gasteiger partial charge in [-0.2, -0.15) is 0 Å². The summed E-state index contributed by atoms with van der Waals surface area (Å²) in [6, 6.07) is 14.4. The Bertz CT molecular complexity index is 755. The Morgan fingerprint density at radius 2 is 1.86 bits per heavy atom. The highest BCUT2D eigenvalue weighted by atomic mass is 16.1. The molecule has 2 fully saturated rings. The summed E-state index contributed by atoms with van der Waals surface area (Å²) in [6.07, 6.45) is 8.98. The largest absolute Gasteiger partial charge is 0.350 e. The molecule has 1 aliphatic heterocycles. The van der Waals surface area contributed by atoms with Gasteiger partial charge >= 0.3 is 0 Å². The number of carbonyl (C=O) groups excluding carboxylic acids is 1. The van der Waals surface area contributed by atoms with E-state index in [1.165, 1.54) is 50.9 Å². The van der Waals surface area contributed by atoms with Crippen molar-refractivity contribution in [2.24, 2.45) is 11.8 Å². The molecular formula is C24H31N3O. The first kappa shape index (κ1) is 19.1. The molecule has 1 saturated heterocycles. The van der Waals surface area contributed by atoms with Crippen LogP contribution in [0.1, 0.15) is 42.5 Å². The van der Waals surface area contributed by atoms with Crippen LogP contribution >= 0.6 is 0 Å². The van der Waals surface area contributed by atoms with E-state index in [0.717, 1.165) is 29.5 Å². The second kappa shape index (κ2) is 9.33. The van der Waals surface area contributed by atoms with Crippen molar-refractivity contribution in [3.05, 3.63) is 65.5 Å². The van der Waals surface area contributed by atoms with Crippen LogP contribution in [-0.4, -0.2) is 35.4 Å². The highest BCUT2D eigenvalue weighted by Crippen LogP contribution is 2.29. The Labute approximate surface area is 168 Å². The Balaban J connectivity index is 1.20. The summed E-state index contributed by atoms with van der Waals surface area (Å²) >= 11 is 0. The van der Waals surface area contributed by atoms with E-state index in [0.29, 0.717) is 13.0 Å². The minimum absolute atomic E-state index is 0.0424. The van der Waals surface area contributed by atoms with E-state index in [9.17, 15) is 4.79 Å². The molecule has 1 N–H and O–H groups in total. The van der Waals surface area contributed by atoms with E-state index in [1.54, 1.807) is 6.20 Å². The fourth-order valence-corrected chi connectivity index (χ4v) is 4.35. The van der Waals surface area contributed by atoms with Gasteiger partial charge in [-0.3, -0.25) is 9.78 Å². The summed E-state index contributed by atoms with van der Waals surface area (Å²) in [5.41, 5.74) is 3.35. The van der Waals surface area contributed by atoms with Gasteiger partial charge in [-0.1, -0.05) is 36.8 Å². The quantitative estimate of drug-likeness (QED) is 0.764. The Morgan fingerprint density at radius 3 is 2.57 bits per heavy atom. The lowest BCUT2D eigenvalue weighted by molar-refractivity contribution is -0.120. The molecule has 1 amide bonds. The van der Waals surface area contributed by atoms with Crippen LogP contribution in [0.3, 0.4) is 0 Å². The molecule has 28 heavy (non-hydrogen) atoms. The monoisotopic (exact) mass is 377 g/mol. The zero-order chi connectivity index (χ0) is 19.2. The highest BCUT2D eigenvalue weighted by Gasteiger charge is 2.27. The maximum absolute atomic E-state index is 12.2. The van der Waals surface area contributed by atoms with Crippen molar-refractivity contribution < 1.29 is 4.79 Å². The van der Waals surface area contributed by atoms with Crippen LogP contribution in [-0.2, 0) is 24.2 Å². The van der Waals surface area contributed by atoms with Crippen molar-refractivity contribution in [2.75, 3.05) is 19.6 Å². The molecule has 1 aromatic heterocycles. The number of carbonyl (C=O) groups is 1. The Hall–Kier alpha value is -2.20. The predicted octanol–water partition coefficient (Wildman–Crippen LogP) is 3.61. The third kappa shape index (κ3) is 5.41. The number of likely N-dealkylation sites (tertiary alicyclic amines) is 1. The van der Waals surface area contributed by atoms with Gasteiger partial charge in [-0.05, 0) is 67.3 Å². The van der Waals surface area contributed by atoms with Crippen LogP contribution in [0.2, 0.25) is 0 Å². The Morgan fingerprint density at radius 1 is 1.04 bits per heavy atom. The molecule has 4 rings (SSSR count). The van der Waals surface area contributed by atoms with Crippen molar-refractivity contribution >= 4 is 5.91 Å². The van der Waals surface area contributed by atoms with E-state index in [2.05, 4.69) is 39.5 Å². The lowest BCUT2D eigenvalue weighted by Crippen LogP contribution is -2.31. The number of amides is 1. The molecule has 4 nitrogen and oxygen atoms in total. The SMILES string of the molecule is O=C(Cc1ccc(CC2CCN(CC3CCC3)C2)cc1)NCc1ccccn1. The van der Waals surface area contributed by atoms with Crippen LogP contribution < -0.4 is 5.32 Å².